The summed E-state index contributed by atoms with van der Waals surface area (Å²) in [5.74, 6) is -2.03. The molecule has 1 unspecified atom stereocenters. The van der Waals surface area contributed by atoms with Crippen molar-refractivity contribution < 1.29 is 18.8 Å². The molecule has 0 radical (unpaired) electrons. The monoisotopic (exact) mass is 368 g/mol. The summed E-state index contributed by atoms with van der Waals surface area (Å²) in [4.78, 5) is 41.0. The fourth-order valence-electron chi connectivity index (χ4n) is 3.34. The lowest BCUT2D eigenvalue weighted by Crippen LogP contribution is -2.52. The number of likely N-dealkylation sites (N-methyl/N-ethyl adjacent to an activating group) is 1. The van der Waals surface area contributed by atoms with Crippen molar-refractivity contribution in [3.63, 3.8) is 0 Å². The fraction of sp³-hybridized carbons (Fsp3) is 0.286. The molecule has 3 amide bonds. The molecule has 0 aromatic heterocycles. The van der Waals surface area contributed by atoms with E-state index in [-0.39, 0.29) is 12.5 Å². The predicted octanol–water partition coefficient (Wildman–Crippen LogP) is 3.10. The maximum Gasteiger partial charge on any atom is 0.262 e. The number of hydrogen-bond donors (Lipinski definition) is 0. The van der Waals surface area contributed by atoms with Gasteiger partial charge < -0.3 is 4.90 Å². The Morgan fingerprint density at radius 1 is 1.00 bits per heavy atom. The van der Waals surface area contributed by atoms with Crippen LogP contribution < -0.4 is 0 Å². The first kappa shape index (κ1) is 18.8. The van der Waals surface area contributed by atoms with E-state index >= 15 is 0 Å². The molecule has 0 N–H and O–H groups in total. The van der Waals surface area contributed by atoms with Gasteiger partial charge in [-0.1, -0.05) is 44.2 Å². The van der Waals surface area contributed by atoms with Gasteiger partial charge in [0.1, 0.15) is 11.9 Å². The fourth-order valence-corrected chi connectivity index (χ4v) is 3.34. The van der Waals surface area contributed by atoms with E-state index in [1.807, 2.05) is 0 Å². The van der Waals surface area contributed by atoms with E-state index < -0.39 is 29.6 Å². The Balaban J connectivity index is 1.88. The number of benzene rings is 2. The summed E-state index contributed by atoms with van der Waals surface area (Å²) in [6.07, 6.45) is 0. The van der Waals surface area contributed by atoms with Crippen LogP contribution in [0.3, 0.4) is 0 Å². The largest absolute Gasteiger partial charge is 0.340 e. The van der Waals surface area contributed by atoms with Crippen LogP contribution in [0.2, 0.25) is 0 Å². The van der Waals surface area contributed by atoms with Gasteiger partial charge in [0.15, 0.2) is 0 Å². The van der Waals surface area contributed by atoms with Gasteiger partial charge in [0.25, 0.3) is 11.8 Å². The molecule has 27 heavy (non-hydrogen) atoms. The standard InChI is InChI=1S/C21H21FN2O3/c1-13(2)18(21(27)23(3)12-14-8-4-7-11-17(14)22)24-19(25)15-9-5-6-10-16(15)20(24)26/h4-11,13,18H,12H2,1-3H3. The summed E-state index contributed by atoms with van der Waals surface area (Å²) in [6.45, 7) is 3.62. The van der Waals surface area contributed by atoms with E-state index in [4.69, 9.17) is 0 Å². The van der Waals surface area contributed by atoms with E-state index in [0.717, 1.165) is 4.90 Å². The summed E-state index contributed by atoms with van der Waals surface area (Å²) >= 11 is 0. The zero-order valence-corrected chi connectivity index (χ0v) is 15.5. The highest BCUT2D eigenvalue weighted by atomic mass is 19.1. The van der Waals surface area contributed by atoms with Crippen molar-refractivity contribution in [2.75, 3.05) is 7.05 Å². The van der Waals surface area contributed by atoms with Crippen molar-refractivity contribution in [1.82, 2.24) is 9.80 Å². The normalized spacial score (nSPS) is 14.5. The molecule has 140 valence electrons. The predicted molar refractivity (Wildman–Crippen MR) is 98.4 cm³/mol. The zero-order valence-electron chi connectivity index (χ0n) is 15.5. The second kappa shape index (κ2) is 7.31. The van der Waals surface area contributed by atoms with E-state index in [9.17, 15) is 18.8 Å². The molecule has 1 heterocycles. The smallest absolute Gasteiger partial charge is 0.262 e. The molecule has 6 heteroatoms. The third-order valence-electron chi connectivity index (χ3n) is 4.73. The summed E-state index contributed by atoms with van der Waals surface area (Å²) in [5.41, 5.74) is 0.980. The van der Waals surface area contributed by atoms with Crippen LogP contribution in [0.4, 0.5) is 4.39 Å². The van der Waals surface area contributed by atoms with Crippen LogP contribution in [0.1, 0.15) is 40.1 Å². The van der Waals surface area contributed by atoms with E-state index in [1.54, 1.807) is 63.4 Å². The molecule has 0 bridgehead atoms. The van der Waals surface area contributed by atoms with Crippen molar-refractivity contribution in [3.05, 3.63) is 71.0 Å². The number of imide groups is 1. The van der Waals surface area contributed by atoms with Crippen LogP contribution >= 0.6 is 0 Å². The van der Waals surface area contributed by atoms with Gasteiger partial charge in [-0.2, -0.15) is 0 Å². The molecule has 2 aromatic carbocycles. The second-order valence-corrected chi connectivity index (χ2v) is 7.00. The van der Waals surface area contributed by atoms with E-state index in [1.165, 1.54) is 11.0 Å². The van der Waals surface area contributed by atoms with Gasteiger partial charge in [-0.15, -0.1) is 0 Å². The minimum atomic E-state index is -0.950. The third kappa shape index (κ3) is 3.35. The Morgan fingerprint density at radius 3 is 2.04 bits per heavy atom. The molecule has 0 aliphatic carbocycles. The van der Waals surface area contributed by atoms with Crippen molar-refractivity contribution in [1.29, 1.82) is 0 Å². The van der Waals surface area contributed by atoms with Crippen LogP contribution in [0.5, 0.6) is 0 Å². The summed E-state index contributed by atoms with van der Waals surface area (Å²) in [5, 5.41) is 0. The Morgan fingerprint density at radius 2 is 1.52 bits per heavy atom. The molecule has 0 fully saturated rings. The maximum atomic E-state index is 13.9. The molecule has 0 spiro atoms. The quantitative estimate of drug-likeness (QED) is 0.762. The minimum absolute atomic E-state index is 0.0535. The first-order chi connectivity index (χ1) is 12.8. The molecule has 1 aliphatic heterocycles. The number of hydrogen-bond acceptors (Lipinski definition) is 3. The van der Waals surface area contributed by atoms with E-state index in [2.05, 4.69) is 0 Å². The van der Waals surface area contributed by atoms with Crippen LogP contribution in [-0.4, -0.2) is 40.6 Å². The van der Waals surface area contributed by atoms with Crippen LogP contribution in [-0.2, 0) is 11.3 Å². The summed E-state index contributed by atoms with van der Waals surface area (Å²) in [6, 6.07) is 11.8. The number of carbonyl (C=O) groups excluding carboxylic acids is 3. The number of carbonyl (C=O) groups is 3. The second-order valence-electron chi connectivity index (χ2n) is 7.00. The highest BCUT2D eigenvalue weighted by Gasteiger charge is 2.44. The Hall–Kier alpha value is -3.02. The molecule has 2 aromatic rings. The van der Waals surface area contributed by atoms with Gasteiger partial charge in [-0.25, -0.2) is 4.39 Å². The molecule has 1 atom stereocenters. The number of rotatable bonds is 5. The lowest BCUT2D eigenvalue weighted by Gasteiger charge is -2.32. The SMILES string of the molecule is CC(C)C(C(=O)N(C)Cc1ccccc1F)N1C(=O)c2ccccc2C1=O. The van der Waals surface area contributed by atoms with Gasteiger partial charge in [-0.3, -0.25) is 19.3 Å². The van der Waals surface area contributed by atoms with Crippen molar-refractivity contribution >= 4 is 17.7 Å². The average Bonchev–Trinajstić information content (AvgIpc) is 2.89. The first-order valence-corrected chi connectivity index (χ1v) is 8.78. The molecule has 5 nitrogen and oxygen atoms in total. The van der Waals surface area contributed by atoms with Gasteiger partial charge in [0.2, 0.25) is 5.91 Å². The highest BCUT2D eigenvalue weighted by Crippen LogP contribution is 2.28. The van der Waals surface area contributed by atoms with Gasteiger partial charge in [0.05, 0.1) is 11.1 Å². The van der Waals surface area contributed by atoms with Crippen LogP contribution in [0, 0.1) is 11.7 Å². The minimum Gasteiger partial charge on any atom is -0.340 e. The third-order valence-corrected chi connectivity index (χ3v) is 4.73. The van der Waals surface area contributed by atoms with Crippen molar-refractivity contribution in [2.24, 2.45) is 5.92 Å². The van der Waals surface area contributed by atoms with E-state index in [0.29, 0.717) is 16.7 Å². The summed E-state index contributed by atoms with van der Waals surface area (Å²) < 4.78 is 13.9. The highest BCUT2D eigenvalue weighted by molar-refractivity contribution is 6.22. The molecule has 0 saturated carbocycles. The summed E-state index contributed by atoms with van der Waals surface area (Å²) in [7, 11) is 1.54. The molecule has 3 rings (SSSR count). The molecule has 1 aliphatic rings. The lowest BCUT2D eigenvalue weighted by atomic mass is 10.0. The topological polar surface area (TPSA) is 57.7 Å². The first-order valence-electron chi connectivity index (χ1n) is 8.78. The van der Waals surface area contributed by atoms with Crippen molar-refractivity contribution in [2.45, 2.75) is 26.4 Å². The Kier molecular flexibility index (Phi) is 5.08. The zero-order chi connectivity index (χ0) is 19.7. The number of nitrogens with zero attached hydrogens (tertiary/aromatic N) is 2. The van der Waals surface area contributed by atoms with Crippen LogP contribution in [0.15, 0.2) is 48.5 Å². The number of fused-ring (bicyclic) bond motifs is 1. The Bertz CT molecular complexity index is 875. The lowest BCUT2D eigenvalue weighted by molar-refractivity contribution is -0.136. The molecular formula is C21H21FN2O3. The average molecular weight is 368 g/mol. The van der Waals surface area contributed by atoms with Gasteiger partial charge >= 0.3 is 0 Å². The number of amides is 3. The van der Waals surface area contributed by atoms with Crippen LogP contribution in [0.25, 0.3) is 0 Å². The number of halogens is 1. The van der Waals surface area contributed by atoms with Gasteiger partial charge in [0, 0.05) is 19.2 Å². The van der Waals surface area contributed by atoms with Gasteiger partial charge in [-0.05, 0) is 24.1 Å². The van der Waals surface area contributed by atoms with Crippen molar-refractivity contribution in [3.8, 4) is 0 Å². The molecule has 0 saturated heterocycles. The molecular weight excluding hydrogens is 347 g/mol. The maximum absolute atomic E-state index is 13.9. The Labute approximate surface area is 157 Å².